The van der Waals surface area contributed by atoms with Gasteiger partial charge in [0.2, 0.25) is 0 Å². The normalized spacial score (nSPS) is 10.8. The molecular formula is C15H15N3S. The van der Waals surface area contributed by atoms with Crippen LogP contribution in [0.15, 0.2) is 53.7 Å². The summed E-state index contributed by atoms with van der Waals surface area (Å²) in [6.45, 7) is 0. The number of anilines is 1. The summed E-state index contributed by atoms with van der Waals surface area (Å²) in [6.07, 6.45) is 1.92. The lowest BCUT2D eigenvalue weighted by molar-refractivity contribution is 1.21. The van der Waals surface area contributed by atoms with Gasteiger partial charge >= 0.3 is 0 Å². The lowest BCUT2D eigenvalue weighted by Crippen LogP contribution is -1.92. The quantitative estimate of drug-likeness (QED) is 0.706. The highest BCUT2D eigenvalue weighted by atomic mass is 32.2. The standard InChI is InChI=1S/C15H15N3S/c1-16-14-7-6-11(9-17-14)10-19-15-8-12-4-2-3-5-13(12)18-15/h2-9,18H,10H2,1H3,(H,16,17). The summed E-state index contributed by atoms with van der Waals surface area (Å²) in [4.78, 5) is 7.74. The van der Waals surface area contributed by atoms with Gasteiger partial charge in [-0.25, -0.2) is 4.98 Å². The predicted octanol–water partition coefficient (Wildman–Crippen LogP) is 3.90. The fourth-order valence-electron chi connectivity index (χ4n) is 1.94. The lowest BCUT2D eigenvalue weighted by Gasteiger charge is -2.01. The minimum absolute atomic E-state index is 0.902. The van der Waals surface area contributed by atoms with Gasteiger partial charge in [-0.2, -0.15) is 0 Å². The molecule has 1 aromatic carbocycles. The Morgan fingerprint density at radius 1 is 1.21 bits per heavy atom. The number of pyridine rings is 1. The van der Waals surface area contributed by atoms with Crippen LogP contribution in [0.3, 0.4) is 0 Å². The Labute approximate surface area is 116 Å². The molecule has 0 saturated carbocycles. The van der Waals surface area contributed by atoms with E-state index in [1.54, 1.807) is 11.8 Å². The molecule has 19 heavy (non-hydrogen) atoms. The van der Waals surface area contributed by atoms with Crippen molar-refractivity contribution in [3.8, 4) is 0 Å². The first-order valence-corrected chi connectivity index (χ1v) is 7.17. The van der Waals surface area contributed by atoms with E-state index in [2.05, 4.69) is 45.6 Å². The molecule has 0 unspecified atom stereocenters. The van der Waals surface area contributed by atoms with Crippen molar-refractivity contribution in [1.82, 2.24) is 9.97 Å². The van der Waals surface area contributed by atoms with Crippen LogP contribution < -0.4 is 5.32 Å². The zero-order valence-corrected chi connectivity index (χ0v) is 11.5. The van der Waals surface area contributed by atoms with Crippen LogP contribution in [0, 0.1) is 0 Å². The second kappa shape index (κ2) is 5.36. The maximum absolute atomic E-state index is 4.32. The van der Waals surface area contributed by atoms with E-state index in [1.807, 2.05) is 25.4 Å². The van der Waals surface area contributed by atoms with Gasteiger partial charge in [-0.1, -0.05) is 24.3 Å². The number of rotatable bonds is 4. The Bertz CT molecular complexity index is 640. The summed E-state index contributed by atoms with van der Waals surface area (Å²) in [5.41, 5.74) is 2.41. The maximum atomic E-state index is 4.32. The number of benzene rings is 1. The van der Waals surface area contributed by atoms with E-state index in [-0.39, 0.29) is 0 Å². The fourth-order valence-corrected chi connectivity index (χ4v) is 2.83. The molecule has 0 fully saturated rings. The number of H-pyrrole nitrogens is 1. The number of para-hydroxylation sites is 1. The highest BCUT2D eigenvalue weighted by Crippen LogP contribution is 2.26. The monoisotopic (exact) mass is 269 g/mol. The summed E-state index contributed by atoms with van der Waals surface area (Å²) >= 11 is 1.80. The van der Waals surface area contributed by atoms with Gasteiger partial charge in [0.15, 0.2) is 0 Å². The number of nitrogens with one attached hydrogen (secondary N) is 2. The molecule has 0 aliphatic heterocycles. The number of hydrogen-bond acceptors (Lipinski definition) is 3. The van der Waals surface area contributed by atoms with Crippen molar-refractivity contribution in [2.45, 2.75) is 10.8 Å². The molecule has 0 saturated heterocycles. The highest BCUT2D eigenvalue weighted by molar-refractivity contribution is 7.98. The second-order valence-corrected chi connectivity index (χ2v) is 5.33. The molecule has 2 aromatic heterocycles. The third kappa shape index (κ3) is 2.74. The molecule has 0 aliphatic carbocycles. The van der Waals surface area contributed by atoms with Crippen LogP contribution in [0.5, 0.6) is 0 Å². The highest BCUT2D eigenvalue weighted by Gasteiger charge is 2.01. The lowest BCUT2D eigenvalue weighted by atomic mass is 10.3. The Morgan fingerprint density at radius 2 is 2.11 bits per heavy atom. The smallest absolute Gasteiger partial charge is 0.125 e. The molecule has 96 valence electrons. The SMILES string of the molecule is CNc1ccc(CSc2cc3ccccc3[nH]2)cn1. The van der Waals surface area contributed by atoms with Crippen molar-refractivity contribution in [3.05, 3.63) is 54.2 Å². The molecule has 0 radical (unpaired) electrons. The van der Waals surface area contributed by atoms with E-state index in [0.717, 1.165) is 11.6 Å². The van der Waals surface area contributed by atoms with E-state index in [0.29, 0.717) is 0 Å². The van der Waals surface area contributed by atoms with Gasteiger partial charge < -0.3 is 10.3 Å². The molecule has 0 bridgehead atoms. The van der Waals surface area contributed by atoms with Crippen LogP contribution in [0.1, 0.15) is 5.56 Å². The van der Waals surface area contributed by atoms with Crippen LogP contribution >= 0.6 is 11.8 Å². The Morgan fingerprint density at radius 3 is 2.84 bits per heavy atom. The van der Waals surface area contributed by atoms with Crippen LogP contribution in [-0.2, 0) is 5.75 Å². The Balaban J connectivity index is 1.70. The molecule has 0 atom stereocenters. The van der Waals surface area contributed by atoms with Gasteiger partial charge in [0, 0.05) is 29.9 Å². The largest absolute Gasteiger partial charge is 0.373 e. The van der Waals surface area contributed by atoms with Crippen molar-refractivity contribution in [2.75, 3.05) is 12.4 Å². The van der Waals surface area contributed by atoms with Gasteiger partial charge in [-0.05, 0) is 23.8 Å². The summed E-state index contributed by atoms with van der Waals surface area (Å²) in [6, 6.07) is 14.6. The molecule has 3 aromatic rings. The third-order valence-corrected chi connectivity index (χ3v) is 3.99. The Hall–Kier alpha value is -1.94. The summed E-state index contributed by atoms with van der Waals surface area (Å²) in [5, 5.41) is 5.47. The maximum Gasteiger partial charge on any atom is 0.125 e. The first-order chi connectivity index (χ1) is 9.35. The van der Waals surface area contributed by atoms with Gasteiger partial charge in [0.1, 0.15) is 5.82 Å². The predicted molar refractivity (Wildman–Crippen MR) is 81.6 cm³/mol. The number of aromatic nitrogens is 2. The van der Waals surface area contributed by atoms with Crippen molar-refractivity contribution >= 4 is 28.5 Å². The topological polar surface area (TPSA) is 40.7 Å². The fraction of sp³-hybridized carbons (Fsp3) is 0.133. The van der Waals surface area contributed by atoms with E-state index in [4.69, 9.17) is 0 Å². The van der Waals surface area contributed by atoms with Crippen LogP contribution in [-0.4, -0.2) is 17.0 Å². The molecule has 2 heterocycles. The first-order valence-electron chi connectivity index (χ1n) is 6.18. The summed E-state index contributed by atoms with van der Waals surface area (Å²) in [5.74, 6) is 1.82. The number of hydrogen-bond donors (Lipinski definition) is 2. The van der Waals surface area contributed by atoms with E-state index in [9.17, 15) is 0 Å². The molecule has 2 N–H and O–H groups in total. The average molecular weight is 269 g/mol. The van der Waals surface area contributed by atoms with Crippen molar-refractivity contribution in [2.24, 2.45) is 0 Å². The molecule has 0 spiro atoms. The minimum atomic E-state index is 0.902. The molecule has 0 aliphatic rings. The number of thioether (sulfide) groups is 1. The number of aromatic amines is 1. The average Bonchev–Trinajstić information content (AvgIpc) is 2.88. The van der Waals surface area contributed by atoms with Gasteiger partial charge in [-0.15, -0.1) is 11.8 Å². The van der Waals surface area contributed by atoms with Crippen LogP contribution in [0.2, 0.25) is 0 Å². The first kappa shape index (κ1) is 12.1. The van der Waals surface area contributed by atoms with Gasteiger partial charge in [0.05, 0.1) is 5.03 Å². The van der Waals surface area contributed by atoms with Crippen molar-refractivity contribution in [3.63, 3.8) is 0 Å². The van der Waals surface area contributed by atoms with Crippen LogP contribution in [0.25, 0.3) is 10.9 Å². The number of nitrogens with zero attached hydrogens (tertiary/aromatic N) is 1. The molecule has 3 rings (SSSR count). The molecular weight excluding hydrogens is 254 g/mol. The second-order valence-electron chi connectivity index (χ2n) is 4.31. The Kier molecular flexibility index (Phi) is 3.42. The molecule has 0 amide bonds. The van der Waals surface area contributed by atoms with Crippen molar-refractivity contribution < 1.29 is 0 Å². The van der Waals surface area contributed by atoms with Crippen molar-refractivity contribution in [1.29, 1.82) is 0 Å². The van der Waals surface area contributed by atoms with Gasteiger partial charge in [0.25, 0.3) is 0 Å². The van der Waals surface area contributed by atoms with Crippen LogP contribution in [0.4, 0.5) is 5.82 Å². The molecule has 3 nitrogen and oxygen atoms in total. The summed E-state index contributed by atoms with van der Waals surface area (Å²) < 4.78 is 0. The van der Waals surface area contributed by atoms with Gasteiger partial charge in [-0.3, -0.25) is 0 Å². The van der Waals surface area contributed by atoms with E-state index >= 15 is 0 Å². The third-order valence-electron chi connectivity index (χ3n) is 2.98. The number of fused-ring (bicyclic) bond motifs is 1. The zero-order chi connectivity index (χ0) is 13.1. The van der Waals surface area contributed by atoms with E-state index < -0.39 is 0 Å². The molecule has 4 heteroatoms. The van der Waals surface area contributed by atoms with E-state index in [1.165, 1.54) is 21.5 Å². The zero-order valence-electron chi connectivity index (χ0n) is 10.7. The minimum Gasteiger partial charge on any atom is -0.373 e. The summed E-state index contributed by atoms with van der Waals surface area (Å²) in [7, 11) is 1.88.